The Morgan fingerprint density at radius 1 is 0.700 bits per heavy atom. The van der Waals surface area contributed by atoms with Crippen LogP contribution in [-0.4, -0.2) is 16.8 Å². The van der Waals surface area contributed by atoms with Gasteiger partial charge in [-0.15, -0.1) is 0 Å². The molecule has 1 heterocycles. The van der Waals surface area contributed by atoms with Crippen LogP contribution in [0.3, 0.4) is 0 Å². The van der Waals surface area contributed by atoms with Crippen LogP contribution in [0.4, 0.5) is 11.6 Å². The molecule has 150 valence electrons. The molecule has 2 amide bonds. The molecule has 0 aliphatic carbocycles. The van der Waals surface area contributed by atoms with Gasteiger partial charge in [0.05, 0.1) is 0 Å². The first-order valence-electron chi connectivity index (χ1n) is 8.94. The van der Waals surface area contributed by atoms with Crippen LogP contribution in [-0.2, 0) is 9.59 Å². The molecular weight excluding hydrogens is 421 g/mol. The van der Waals surface area contributed by atoms with Gasteiger partial charge in [0.1, 0.15) is 11.6 Å². The van der Waals surface area contributed by atoms with Gasteiger partial charge in [0.25, 0.3) is 0 Å². The summed E-state index contributed by atoms with van der Waals surface area (Å²) in [4.78, 5) is 28.4. The monoisotopic (exact) mass is 437 g/mol. The number of nitrogens with one attached hydrogen (secondary N) is 2. The molecule has 3 aromatic rings. The summed E-state index contributed by atoms with van der Waals surface area (Å²) in [5.41, 5.74) is 1.61. The first-order chi connectivity index (χ1) is 14.5. The SMILES string of the molecule is O=C(/C=C/c1cccc(Cl)c1)Nc1cccc(NC(=O)/C=C/c2cccc(Cl)c2)n1. The van der Waals surface area contributed by atoms with Gasteiger partial charge in [0.2, 0.25) is 11.8 Å². The molecule has 0 atom stereocenters. The van der Waals surface area contributed by atoms with Crippen LogP contribution in [0.2, 0.25) is 10.0 Å². The quantitative estimate of drug-likeness (QED) is 0.486. The highest BCUT2D eigenvalue weighted by molar-refractivity contribution is 6.31. The minimum atomic E-state index is -0.355. The van der Waals surface area contributed by atoms with Crippen LogP contribution in [0.1, 0.15) is 11.1 Å². The van der Waals surface area contributed by atoms with Crippen molar-refractivity contribution in [3.63, 3.8) is 0 Å². The van der Waals surface area contributed by atoms with Crippen molar-refractivity contribution in [1.82, 2.24) is 4.98 Å². The van der Waals surface area contributed by atoms with E-state index in [1.807, 2.05) is 12.1 Å². The lowest BCUT2D eigenvalue weighted by molar-refractivity contribution is -0.112. The molecule has 2 aromatic carbocycles. The van der Waals surface area contributed by atoms with Gasteiger partial charge in [-0.2, -0.15) is 0 Å². The van der Waals surface area contributed by atoms with E-state index in [9.17, 15) is 9.59 Å². The van der Waals surface area contributed by atoms with E-state index < -0.39 is 0 Å². The molecule has 0 radical (unpaired) electrons. The molecule has 2 N–H and O–H groups in total. The van der Waals surface area contributed by atoms with Gasteiger partial charge in [-0.3, -0.25) is 9.59 Å². The number of pyridine rings is 1. The third-order valence-corrected chi connectivity index (χ3v) is 4.27. The Kier molecular flexibility index (Phi) is 7.38. The number of carbonyl (C=O) groups excluding carboxylic acids is 2. The van der Waals surface area contributed by atoms with E-state index in [1.54, 1.807) is 66.7 Å². The molecule has 7 heteroatoms. The molecule has 0 spiro atoms. The highest BCUT2D eigenvalue weighted by Gasteiger charge is 2.03. The van der Waals surface area contributed by atoms with E-state index in [0.29, 0.717) is 21.7 Å². The first-order valence-corrected chi connectivity index (χ1v) is 9.70. The summed E-state index contributed by atoms with van der Waals surface area (Å²) in [5, 5.41) is 6.48. The zero-order chi connectivity index (χ0) is 21.3. The molecule has 0 saturated carbocycles. The molecule has 1 aromatic heterocycles. The number of aromatic nitrogens is 1. The van der Waals surface area contributed by atoms with Gasteiger partial charge in [-0.05, 0) is 59.7 Å². The van der Waals surface area contributed by atoms with Crippen molar-refractivity contribution in [1.29, 1.82) is 0 Å². The van der Waals surface area contributed by atoms with E-state index in [-0.39, 0.29) is 11.8 Å². The van der Waals surface area contributed by atoms with Crippen molar-refractivity contribution in [2.45, 2.75) is 0 Å². The van der Waals surface area contributed by atoms with Crippen molar-refractivity contribution < 1.29 is 9.59 Å². The van der Waals surface area contributed by atoms with Crippen molar-refractivity contribution in [2.24, 2.45) is 0 Å². The molecule has 0 saturated heterocycles. The maximum Gasteiger partial charge on any atom is 0.249 e. The zero-order valence-electron chi connectivity index (χ0n) is 15.7. The molecule has 0 aliphatic heterocycles. The number of anilines is 2. The predicted molar refractivity (Wildman–Crippen MR) is 122 cm³/mol. The van der Waals surface area contributed by atoms with Gasteiger partial charge >= 0.3 is 0 Å². The van der Waals surface area contributed by atoms with E-state index in [1.165, 1.54) is 12.2 Å². The number of hydrogen-bond acceptors (Lipinski definition) is 3. The van der Waals surface area contributed by atoms with Crippen LogP contribution < -0.4 is 10.6 Å². The first kappa shape index (κ1) is 21.3. The zero-order valence-corrected chi connectivity index (χ0v) is 17.2. The summed E-state index contributed by atoms with van der Waals surface area (Å²) in [5.74, 6) is -0.0849. The Morgan fingerprint density at radius 2 is 1.13 bits per heavy atom. The molecule has 30 heavy (non-hydrogen) atoms. The number of nitrogens with zero attached hydrogens (tertiary/aromatic N) is 1. The summed E-state index contributed by atoms with van der Waals surface area (Å²) in [6, 6.07) is 19.2. The highest BCUT2D eigenvalue weighted by Crippen LogP contribution is 2.14. The molecule has 0 aliphatic rings. The van der Waals surface area contributed by atoms with E-state index in [4.69, 9.17) is 23.2 Å². The normalized spacial score (nSPS) is 11.0. The second-order valence-electron chi connectivity index (χ2n) is 6.16. The predicted octanol–water partition coefficient (Wildman–Crippen LogP) is 5.69. The number of carbonyl (C=O) groups is 2. The highest BCUT2D eigenvalue weighted by atomic mass is 35.5. The Hall–Kier alpha value is -3.41. The molecule has 3 rings (SSSR count). The number of hydrogen-bond donors (Lipinski definition) is 2. The Morgan fingerprint density at radius 3 is 1.57 bits per heavy atom. The summed E-state index contributed by atoms with van der Waals surface area (Å²) in [6.07, 6.45) is 6.06. The fourth-order valence-electron chi connectivity index (χ4n) is 2.47. The maximum absolute atomic E-state index is 12.1. The van der Waals surface area contributed by atoms with Crippen LogP contribution in [0.15, 0.2) is 78.9 Å². The van der Waals surface area contributed by atoms with Crippen molar-refractivity contribution in [3.05, 3.63) is 100 Å². The van der Waals surface area contributed by atoms with Crippen molar-refractivity contribution in [3.8, 4) is 0 Å². The fraction of sp³-hybridized carbons (Fsp3) is 0. The maximum atomic E-state index is 12.1. The summed E-state index contributed by atoms with van der Waals surface area (Å²) < 4.78 is 0. The Bertz CT molecular complexity index is 1040. The Labute approximate surface area is 184 Å². The summed E-state index contributed by atoms with van der Waals surface area (Å²) in [7, 11) is 0. The van der Waals surface area contributed by atoms with Crippen LogP contribution >= 0.6 is 23.2 Å². The van der Waals surface area contributed by atoms with Crippen LogP contribution in [0, 0.1) is 0 Å². The topological polar surface area (TPSA) is 71.1 Å². The summed E-state index contributed by atoms with van der Waals surface area (Å²) >= 11 is 11.8. The lowest BCUT2D eigenvalue weighted by Crippen LogP contribution is -2.12. The third-order valence-electron chi connectivity index (χ3n) is 3.80. The smallest absolute Gasteiger partial charge is 0.249 e. The Balaban J connectivity index is 1.58. The minimum absolute atomic E-state index is 0.312. The van der Waals surface area contributed by atoms with Gasteiger partial charge in [-0.1, -0.05) is 53.5 Å². The van der Waals surface area contributed by atoms with Crippen molar-refractivity contribution in [2.75, 3.05) is 10.6 Å². The number of amides is 2. The van der Waals surface area contributed by atoms with E-state index in [2.05, 4.69) is 15.6 Å². The lowest BCUT2D eigenvalue weighted by Gasteiger charge is -2.05. The average Bonchev–Trinajstić information content (AvgIpc) is 2.71. The number of benzene rings is 2. The molecule has 0 fully saturated rings. The van der Waals surface area contributed by atoms with Crippen LogP contribution in [0.5, 0.6) is 0 Å². The average molecular weight is 438 g/mol. The standard InChI is InChI=1S/C23H17Cl2N3O2/c24-18-6-1-4-16(14-18)10-12-22(29)27-20-8-3-9-21(26-20)28-23(30)13-11-17-5-2-7-19(25)15-17/h1-15H,(H2,26,27,28,29,30)/b12-10+,13-11+. The second kappa shape index (κ2) is 10.4. The van der Waals surface area contributed by atoms with Gasteiger partial charge in [0, 0.05) is 22.2 Å². The number of halogens is 2. The number of rotatable bonds is 6. The van der Waals surface area contributed by atoms with Crippen LogP contribution in [0.25, 0.3) is 12.2 Å². The molecule has 0 unspecified atom stereocenters. The second-order valence-corrected chi connectivity index (χ2v) is 7.04. The van der Waals surface area contributed by atoms with Crippen molar-refractivity contribution >= 4 is 58.8 Å². The minimum Gasteiger partial charge on any atom is -0.307 e. The van der Waals surface area contributed by atoms with Gasteiger partial charge in [-0.25, -0.2) is 4.98 Å². The van der Waals surface area contributed by atoms with Gasteiger partial charge < -0.3 is 10.6 Å². The largest absolute Gasteiger partial charge is 0.307 e. The van der Waals surface area contributed by atoms with E-state index >= 15 is 0 Å². The molecule has 5 nitrogen and oxygen atoms in total. The molecular formula is C23H17Cl2N3O2. The summed E-state index contributed by atoms with van der Waals surface area (Å²) in [6.45, 7) is 0. The third kappa shape index (κ3) is 6.88. The fourth-order valence-corrected chi connectivity index (χ4v) is 2.87. The van der Waals surface area contributed by atoms with E-state index in [0.717, 1.165) is 11.1 Å². The molecule has 0 bridgehead atoms. The lowest BCUT2D eigenvalue weighted by atomic mass is 10.2. The van der Waals surface area contributed by atoms with Gasteiger partial charge in [0.15, 0.2) is 0 Å².